The molecule has 2 aromatic carbocycles. The Bertz CT molecular complexity index is 1130. The number of anilines is 1. The van der Waals surface area contributed by atoms with E-state index in [0.29, 0.717) is 31.5 Å². The second kappa shape index (κ2) is 14.3. The number of sulfonamides is 1. The molecule has 0 heterocycles. The first-order valence-electron chi connectivity index (χ1n) is 13.9. The molecule has 0 saturated heterocycles. The minimum absolute atomic E-state index is 0.0850. The van der Waals surface area contributed by atoms with Gasteiger partial charge in [-0.1, -0.05) is 74.2 Å². The zero-order valence-electron chi connectivity index (χ0n) is 23.1. The van der Waals surface area contributed by atoms with Crippen LogP contribution in [0, 0.1) is 6.92 Å². The van der Waals surface area contributed by atoms with Crippen LogP contribution in [0.15, 0.2) is 54.6 Å². The Hall–Kier alpha value is -2.87. The molecule has 2 aromatic rings. The van der Waals surface area contributed by atoms with E-state index in [4.69, 9.17) is 0 Å². The maximum Gasteiger partial charge on any atom is 0.243 e. The number of hydrogen-bond acceptors (Lipinski definition) is 4. The molecule has 1 fully saturated rings. The van der Waals surface area contributed by atoms with Crippen molar-refractivity contribution in [1.82, 2.24) is 10.2 Å². The van der Waals surface area contributed by atoms with Gasteiger partial charge in [-0.25, -0.2) is 8.42 Å². The molecule has 38 heavy (non-hydrogen) atoms. The first kappa shape index (κ1) is 29.7. The molecule has 1 aliphatic rings. The van der Waals surface area contributed by atoms with Crippen LogP contribution in [0.25, 0.3) is 0 Å². The molecule has 0 radical (unpaired) electrons. The van der Waals surface area contributed by atoms with Gasteiger partial charge in [-0.05, 0) is 56.7 Å². The third kappa shape index (κ3) is 8.86. The van der Waals surface area contributed by atoms with Gasteiger partial charge >= 0.3 is 0 Å². The molecule has 0 aromatic heterocycles. The largest absolute Gasteiger partial charge is 0.352 e. The molecule has 3 rings (SSSR count). The molecular formula is C30H43N3O4S. The smallest absolute Gasteiger partial charge is 0.243 e. The van der Waals surface area contributed by atoms with E-state index in [0.717, 1.165) is 36.8 Å². The number of hydrogen-bond donors (Lipinski definition) is 1. The maximum atomic E-state index is 13.6. The number of aryl methyl sites for hydroxylation is 1. The highest BCUT2D eigenvalue weighted by Crippen LogP contribution is 2.21. The first-order chi connectivity index (χ1) is 18.2. The Balaban J connectivity index is 1.70. The van der Waals surface area contributed by atoms with Crippen molar-refractivity contribution in [3.8, 4) is 0 Å². The predicted molar refractivity (Wildman–Crippen MR) is 154 cm³/mol. The van der Waals surface area contributed by atoms with Crippen molar-refractivity contribution in [3.63, 3.8) is 0 Å². The molecule has 1 saturated carbocycles. The lowest BCUT2D eigenvalue weighted by Crippen LogP contribution is -2.52. The summed E-state index contributed by atoms with van der Waals surface area (Å²) in [4.78, 5) is 28.6. The van der Waals surface area contributed by atoms with Gasteiger partial charge in [-0.3, -0.25) is 13.9 Å². The topological polar surface area (TPSA) is 86.8 Å². The van der Waals surface area contributed by atoms with Crippen LogP contribution in [-0.2, 0) is 26.0 Å². The molecule has 208 valence electrons. The standard InChI is InChI=1S/C30H43N3O4S/c1-4-28(30(35)31-26-14-9-6-10-15-26)32(23-21-25-12-7-5-8-13-25)29(34)16-11-22-33(38(3,36)37)27-19-17-24(2)18-20-27/h5,7-8,12-13,17-20,26,28H,4,6,9-11,14-16,21-23H2,1-3H3,(H,31,35)/t28-/m1/s1. The van der Waals surface area contributed by atoms with E-state index in [1.165, 1.54) is 17.0 Å². The monoisotopic (exact) mass is 541 g/mol. The van der Waals surface area contributed by atoms with Gasteiger partial charge in [0.1, 0.15) is 6.04 Å². The van der Waals surface area contributed by atoms with Gasteiger partial charge in [-0.2, -0.15) is 0 Å². The Morgan fingerprint density at radius 3 is 2.24 bits per heavy atom. The van der Waals surface area contributed by atoms with E-state index in [2.05, 4.69) is 5.32 Å². The molecule has 0 spiro atoms. The minimum atomic E-state index is -3.50. The number of amides is 2. The zero-order chi connectivity index (χ0) is 27.5. The molecule has 0 unspecified atom stereocenters. The number of benzene rings is 2. The fourth-order valence-corrected chi connectivity index (χ4v) is 6.12. The fourth-order valence-electron chi connectivity index (χ4n) is 5.16. The average Bonchev–Trinajstić information content (AvgIpc) is 2.90. The molecular weight excluding hydrogens is 498 g/mol. The quantitative estimate of drug-likeness (QED) is 0.393. The maximum absolute atomic E-state index is 13.6. The summed E-state index contributed by atoms with van der Waals surface area (Å²) in [6.07, 6.45) is 8.31. The van der Waals surface area contributed by atoms with Crippen molar-refractivity contribution in [2.24, 2.45) is 0 Å². The van der Waals surface area contributed by atoms with Crippen LogP contribution in [0.2, 0.25) is 0 Å². The summed E-state index contributed by atoms with van der Waals surface area (Å²) < 4.78 is 26.3. The summed E-state index contributed by atoms with van der Waals surface area (Å²) >= 11 is 0. The fraction of sp³-hybridized carbons (Fsp3) is 0.533. The predicted octanol–water partition coefficient (Wildman–Crippen LogP) is 4.84. The molecule has 1 atom stereocenters. The Labute approximate surface area is 228 Å². The van der Waals surface area contributed by atoms with Crippen LogP contribution < -0.4 is 9.62 Å². The summed E-state index contributed by atoms with van der Waals surface area (Å²) in [6, 6.07) is 16.9. The van der Waals surface area contributed by atoms with Gasteiger partial charge in [0.2, 0.25) is 21.8 Å². The second-order valence-corrected chi connectivity index (χ2v) is 12.3. The Kier molecular flexibility index (Phi) is 11.2. The van der Waals surface area contributed by atoms with Crippen LogP contribution in [0.4, 0.5) is 5.69 Å². The van der Waals surface area contributed by atoms with E-state index in [9.17, 15) is 18.0 Å². The van der Waals surface area contributed by atoms with Crippen molar-refractivity contribution in [3.05, 3.63) is 65.7 Å². The Morgan fingerprint density at radius 1 is 0.974 bits per heavy atom. The highest BCUT2D eigenvalue weighted by atomic mass is 32.2. The van der Waals surface area contributed by atoms with Crippen molar-refractivity contribution in [2.75, 3.05) is 23.7 Å². The van der Waals surface area contributed by atoms with Crippen molar-refractivity contribution in [1.29, 1.82) is 0 Å². The summed E-state index contributed by atoms with van der Waals surface area (Å²) in [5.41, 5.74) is 2.74. The highest BCUT2D eigenvalue weighted by molar-refractivity contribution is 7.92. The normalized spacial score (nSPS) is 15.0. The number of carbonyl (C=O) groups is 2. The van der Waals surface area contributed by atoms with Crippen molar-refractivity contribution in [2.45, 2.75) is 83.7 Å². The lowest BCUT2D eigenvalue weighted by atomic mass is 9.95. The van der Waals surface area contributed by atoms with Gasteiger partial charge in [0.25, 0.3) is 0 Å². The average molecular weight is 542 g/mol. The van der Waals surface area contributed by atoms with Gasteiger partial charge in [-0.15, -0.1) is 0 Å². The van der Waals surface area contributed by atoms with Crippen LogP contribution in [-0.4, -0.2) is 56.6 Å². The van der Waals surface area contributed by atoms with Gasteiger partial charge in [0.05, 0.1) is 11.9 Å². The highest BCUT2D eigenvalue weighted by Gasteiger charge is 2.30. The molecule has 1 aliphatic carbocycles. The third-order valence-electron chi connectivity index (χ3n) is 7.30. The van der Waals surface area contributed by atoms with E-state index in [1.807, 2.05) is 56.3 Å². The number of carbonyl (C=O) groups excluding carboxylic acids is 2. The second-order valence-electron chi connectivity index (χ2n) is 10.4. The van der Waals surface area contributed by atoms with Gasteiger partial charge in [0.15, 0.2) is 0 Å². The minimum Gasteiger partial charge on any atom is -0.352 e. The third-order valence-corrected chi connectivity index (χ3v) is 8.49. The van der Waals surface area contributed by atoms with E-state index in [-0.39, 0.29) is 30.8 Å². The van der Waals surface area contributed by atoms with Gasteiger partial charge < -0.3 is 10.2 Å². The SMILES string of the molecule is CC[C@H](C(=O)NC1CCCCC1)N(CCc1ccccc1)C(=O)CCCN(c1ccc(C)cc1)S(C)(=O)=O. The van der Waals surface area contributed by atoms with E-state index < -0.39 is 16.1 Å². The molecule has 2 amide bonds. The van der Waals surface area contributed by atoms with Crippen molar-refractivity contribution >= 4 is 27.5 Å². The Morgan fingerprint density at radius 2 is 1.63 bits per heavy atom. The molecule has 8 heteroatoms. The lowest BCUT2D eigenvalue weighted by Gasteiger charge is -2.33. The summed E-state index contributed by atoms with van der Waals surface area (Å²) in [7, 11) is -3.50. The zero-order valence-corrected chi connectivity index (χ0v) is 23.9. The summed E-state index contributed by atoms with van der Waals surface area (Å²) in [6.45, 7) is 4.53. The van der Waals surface area contributed by atoms with E-state index in [1.54, 1.807) is 17.0 Å². The molecule has 1 N–H and O–H groups in total. The number of nitrogens with zero attached hydrogens (tertiary/aromatic N) is 2. The van der Waals surface area contributed by atoms with Crippen LogP contribution in [0.1, 0.15) is 69.4 Å². The van der Waals surface area contributed by atoms with Crippen LogP contribution >= 0.6 is 0 Å². The van der Waals surface area contributed by atoms with Crippen LogP contribution in [0.3, 0.4) is 0 Å². The number of rotatable bonds is 13. The summed E-state index contributed by atoms with van der Waals surface area (Å²) in [5, 5.41) is 3.20. The summed E-state index contributed by atoms with van der Waals surface area (Å²) in [5.74, 6) is -0.206. The molecule has 0 aliphatic heterocycles. The molecule has 7 nitrogen and oxygen atoms in total. The molecule has 0 bridgehead atoms. The van der Waals surface area contributed by atoms with E-state index >= 15 is 0 Å². The van der Waals surface area contributed by atoms with Crippen LogP contribution in [0.5, 0.6) is 0 Å². The van der Waals surface area contributed by atoms with Crippen molar-refractivity contribution < 1.29 is 18.0 Å². The lowest BCUT2D eigenvalue weighted by molar-refractivity contribution is -0.141. The van der Waals surface area contributed by atoms with Gasteiger partial charge in [0, 0.05) is 25.6 Å². The first-order valence-corrected chi connectivity index (χ1v) is 15.7. The number of nitrogens with one attached hydrogen (secondary N) is 1.